The molecule has 2 aliphatic heterocycles. The molecule has 0 bridgehead atoms. The summed E-state index contributed by atoms with van der Waals surface area (Å²) >= 11 is 0. The van der Waals surface area contributed by atoms with Crippen LogP contribution in [0.4, 0.5) is 0 Å². The fraction of sp³-hybridized carbons (Fsp3) is 0.941. The van der Waals surface area contributed by atoms with Gasteiger partial charge in [0, 0.05) is 44.8 Å². The normalized spacial score (nSPS) is 25.8. The highest BCUT2D eigenvalue weighted by molar-refractivity contribution is 5.80. The highest BCUT2D eigenvalue weighted by atomic mass is 16.5. The third-order valence-electron chi connectivity index (χ3n) is 4.74. The minimum absolute atomic E-state index is 0.215. The summed E-state index contributed by atoms with van der Waals surface area (Å²) in [5.74, 6) is 0.937. The number of nitrogens with zero attached hydrogens (tertiary/aromatic N) is 3. The van der Waals surface area contributed by atoms with Crippen LogP contribution in [-0.2, 0) is 4.74 Å². The molecule has 1 atom stereocenters. The average Bonchev–Trinajstić information content (AvgIpc) is 2.53. The zero-order chi connectivity index (χ0) is 16.7. The molecule has 0 spiro atoms. The van der Waals surface area contributed by atoms with Gasteiger partial charge in [-0.2, -0.15) is 0 Å². The molecule has 0 saturated carbocycles. The van der Waals surface area contributed by atoms with Gasteiger partial charge in [0.15, 0.2) is 5.96 Å². The standard InChI is InChI=1S/C17H35N5O/c1-5-18-17(19-12-16-13-21(4)10-11-23-16)20-15-6-8-22(9-7-15)14(2)3/h14-16H,5-13H2,1-4H3,(H2,18,19,20). The van der Waals surface area contributed by atoms with Crippen molar-refractivity contribution in [2.45, 2.75) is 51.8 Å². The number of rotatable bonds is 5. The first-order chi connectivity index (χ1) is 11.1. The Morgan fingerprint density at radius 2 is 2.00 bits per heavy atom. The molecule has 6 nitrogen and oxygen atoms in total. The maximum atomic E-state index is 5.80. The largest absolute Gasteiger partial charge is 0.374 e. The second kappa shape index (κ2) is 9.45. The molecule has 0 aromatic heterocycles. The van der Waals surface area contributed by atoms with E-state index in [9.17, 15) is 0 Å². The SMILES string of the molecule is CCNC(=NCC1CN(C)CCO1)NC1CCN(C(C)C)CC1. The first kappa shape index (κ1) is 18.5. The van der Waals surface area contributed by atoms with Gasteiger partial charge in [0.25, 0.3) is 0 Å². The minimum Gasteiger partial charge on any atom is -0.374 e. The van der Waals surface area contributed by atoms with Crippen LogP contribution in [0.5, 0.6) is 0 Å². The molecule has 1 unspecified atom stereocenters. The molecule has 0 aromatic rings. The van der Waals surface area contributed by atoms with Gasteiger partial charge in [-0.1, -0.05) is 0 Å². The number of hydrogen-bond acceptors (Lipinski definition) is 4. The van der Waals surface area contributed by atoms with Crippen LogP contribution in [0, 0.1) is 0 Å². The van der Waals surface area contributed by atoms with E-state index in [2.05, 4.69) is 48.3 Å². The van der Waals surface area contributed by atoms with Gasteiger partial charge < -0.3 is 25.2 Å². The van der Waals surface area contributed by atoms with Gasteiger partial charge in [0.05, 0.1) is 19.3 Å². The summed E-state index contributed by atoms with van der Waals surface area (Å²) in [6, 6.07) is 1.18. The second-order valence-electron chi connectivity index (χ2n) is 7.02. The second-order valence-corrected chi connectivity index (χ2v) is 7.02. The van der Waals surface area contributed by atoms with Gasteiger partial charge in [0.2, 0.25) is 0 Å². The number of ether oxygens (including phenoxy) is 1. The van der Waals surface area contributed by atoms with E-state index in [-0.39, 0.29) is 6.10 Å². The molecule has 23 heavy (non-hydrogen) atoms. The smallest absolute Gasteiger partial charge is 0.191 e. The van der Waals surface area contributed by atoms with Crippen molar-refractivity contribution >= 4 is 5.96 Å². The fourth-order valence-electron chi connectivity index (χ4n) is 3.24. The molecule has 0 aromatic carbocycles. The third kappa shape index (κ3) is 6.28. The van der Waals surface area contributed by atoms with Crippen LogP contribution in [-0.4, -0.2) is 86.9 Å². The monoisotopic (exact) mass is 325 g/mol. The maximum absolute atomic E-state index is 5.80. The van der Waals surface area contributed by atoms with Gasteiger partial charge in [-0.25, -0.2) is 0 Å². The van der Waals surface area contributed by atoms with E-state index in [4.69, 9.17) is 9.73 Å². The predicted molar refractivity (Wildman–Crippen MR) is 96.1 cm³/mol. The van der Waals surface area contributed by atoms with Crippen molar-refractivity contribution in [3.63, 3.8) is 0 Å². The molecular formula is C17H35N5O. The Bertz CT molecular complexity index is 366. The summed E-state index contributed by atoms with van der Waals surface area (Å²) in [5.41, 5.74) is 0. The number of likely N-dealkylation sites (N-methyl/N-ethyl adjacent to an activating group) is 1. The van der Waals surface area contributed by atoms with Gasteiger partial charge in [-0.15, -0.1) is 0 Å². The Morgan fingerprint density at radius 3 is 2.61 bits per heavy atom. The third-order valence-corrected chi connectivity index (χ3v) is 4.74. The number of morpholine rings is 1. The van der Waals surface area contributed by atoms with E-state index in [0.717, 1.165) is 38.7 Å². The highest BCUT2D eigenvalue weighted by Crippen LogP contribution is 2.12. The highest BCUT2D eigenvalue weighted by Gasteiger charge is 2.22. The lowest BCUT2D eigenvalue weighted by Gasteiger charge is -2.35. The summed E-state index contributed by atoms with van der Waals surface area (Å²) in [6.07, 6.45) is 2.59. The lowest BCUT2D eigenvalue weighted by Crippen LogP contribution is -2.50. The molecule has 2 N–H and O–H groups in total. The lowest BCUT2D eigenvalue weighted by molar-refractivity contribution is -0.0136. The van der Waals surface area contributed by atoms with Crippen molar-refractivity contribution in [2.75, 3.05) is 52.9 Å². The first-order valence-corrected chi connectivity index (χ1v) is 9.17. The van der Waals surface area contributed by atoms with E-state index in [1.165, 1.54) is 25.9 Å². The molecule has 2 rings (SSSR count). The molecule has 0 aliphatic carbocycles. The Morgan fingerprint density at radius 1 is 1.26 bits per heavy atom. The van der Waals surface area contributed by atoms with Gasteiger partial charge in [0.1, 0.15) is 0 Å². The van der Waals surface area contributed by atoms with Gasteiger partial charge >= 0.3 is 0 Å². The number of hydrogen-bond donors (Lipinski definition) is 2. The van der Waals surface area contributed by atoms with Crippen LogP contribution < -0.4 is 10.6 Å². The molecule has 0 radical (unpaired) electrons. The number of guanidine groups is 1. The summed E-state index contributed by atoms with van der Waals surface area (Å²) in [5, 5.41) is 6.98. The first-order valence-electron chi connectivity index (χ1n) is 9.17. The average molecular weight is 326 g/mol. The zero-order valence-corrected chi connectivity index (χ0v) is 15.3. The predicted octanol–water partition coefficient (Wildman–Crippen LogP) is 0.745. The molecule has 2 heterocycles. The number of aliphatic imine (C=N–C) groups is 1. The van der Waals surface area contributed by atoms with Gasteiger partial charge in [-0.05, 0) is 40.7 Å². The van der Waals surface area contributed by atoms with Crippen LogP contribution in [0.15, 0.2) is 4.99 Å². The molecule has 2 fully saturated rings. The molecular weight excluding hydrogens is 290 g/mol. The van der Waals surface area contributed by atoms with Crippen LogP contribution in [0.1, 0.15) is 33.6 Å². The molecule has 6 heteroatoms. The Balaban J connectivity index is 1.80. The van der Waals surface area contributed by atoms with Crippen molar-refractivity contribution in [1.29, 1.82) is 0 Å². The van der Waals surface area contributed by atoms with E-state index in [1.54, 1.807) is 0 Å². The van der Waals surface area contributed by atoms with Crippen molar-refractivity contribution < 1.29 is 4.74 Å². The molecule has 2 saturated heterocycles. The van der Waals surface area contributed by atoms with E-state index >= 15 is 0 Å². The summed E-state index contributed by atoms with van der Waals surface area (Å²) < 4.78 is 5.80. The molecule has 2 aliphatic rings. The number of nitrogens with one attached hydrogen (secondary N) is 2. The number of likely N-dealkylation sites (tertiary alicyclic amines) is 1. The van der Waals surface area contributed by atoms with Crippen LogP contribution in [0.25, 0.3) is 0 Å². The zero-order valence-electron chi connectivity index (χ0n) is 15.3. The Kier molecular flexibility index (Phi) is 7.59. The van der Waals surface area contributed by atoms with E-state index in [0.29, 0.717) is 12.1 Å². The van der Waals surface area contributed by atoms with Crippen LogP contribution >= 0.6 is 0 Å². The quantitative estimate of drug-likeness (QED) is 0.577. The molecule has 0 amide bonds. The van der Waals surface area contributed by atoms with E-state index in [1.807, 2.05) is 0 Å². The van der Waals surface area contributed by atoms with Crippen LogP contribution in [0.3, 0.4) is 0 Å². The summed E-state index contributed by atoms with van der Waals surface area (Å²) in [6.45, 7) is 13.4. The fourth-order valence-corrected chi connectivity index (χ4v) is 3.24. The minimum atomic E-state index is 0.215. The van der Waals surface area contributed by atoms with E-state index < -0.39 is 0 Å². The maximum Gasteiger partial charge on any atom is 0.191 e. The van der Waals surface area contributed by atoms with Crippen molar-refractivity contribution in [1.82, 2.24) is 20.4 Å². The van der Waals surface area contributed by atoms with Crippen molar-refractivity contribution in [3.8, 4) is 0 Å². The summed E-state index contributed by atoms with van der Waals surface area (Å²) in [7, 11) is 2.14. The van der Waals surface area contributed by atoms with Gasteiger partial charge in [-0.3, -0.25) is 4.99 Å². The Labute approximate surface area is 141 Å². The van der Waals surface area contributed by atoms with Crippen molar-refractivity contribution in [3.05, 3.63) is 0 Å². The Hall–Kier alpha value is -0.850. The molecule has 134 valence electrons. The van der Waals surface area contributed by atoms with Crippen LogP contribution in [0.2, 0.25) is 0 Å². The topological polar surface area (TPSA) is 52.1 Å². The summed E-state index contributed by atoms with van der Waals surface area (Å²) in [4.78, 5) is 9.61. The lowest BCUT2D eigenvalue weighted by atomic mass is 10.0. The number of piperidine rings is 1. The van der Waals surface area contributed by atoms with Crippen molar-refractivity contribution in [2.24, 2.45) is 4.99 Å².